The molecule has 0 aliphatic heterocycles. The molecule has 0 aliphatic rings. The van der Waals surface area contributed by atoms with Crippen molar-refractivity contribution in [1.82, 2.24) is 14.7 Å². The van der Waals surface area contributed by atoms with Gasteiger partial charge in [-0.15, -0.1) is 22.7 Å². The van der Waals surface area contributed by atoms with Crippen molar-refractivity contribution in [3.8, 4) is 0 Å². The van der Waals surface area contributed by atoms with E-state index in [0.29, 0.717) is 15.7 Å². The average molecular weight is 333 g/mol. The van der Waals surface area contributed by atoms with E-state index in [0.717, 1.165) is 22.7 Å². The highest BCUT2D eigenvalue weighted by molar-refractivity contribution is 7.91. The van der Waals surface area contributed by atoms with Gasteiger partial charge in [0.1, 0.15) is 9.88 Å². The fourth-order valence-electron chi connectivity index (χ4n) is 1.42. The molecule has 0 amide bonds. The molecule has 2 rings (SSSR count). The molecule has 2 aromatic heterocycles. The van der Waals surface area contributed by atoms with Crippen molar-refractivity contribution in [2.24, 2.45) is 0 Å². The Kier molecular flexibility index (Phi) is 4.18. The molecule has 0 aromatic carbocycles. The quantitative estimate of drug-likeness (QED) is 0.856. The van der Waals surface area contributed by atoms with Crippen molar-refractivity contribution >= 4 is 38.7 Å². The molecule has 0 aliphatic carbocycles. The molecule has 0 radical (unpaired) electrons. The number of rotatable bonds is 5. The van der Waals surface area contributed by atoms with Gasteiger partial charge in [-0.3, -0.25) is 0 Å². The van der Waals surface area contributed by atoms with Gasteiger partial charge in [0.25, 0.3) is 10.0 Å². The number of nitrogens with one attached hydrogen (secondary N) is 1. The maximum absolute atomic E-state index is 12.0. The van der Waals surface area contributed by atoms with Crippen molar-refractivity contribution in [2.45, 2.75) is 24.6 Å². The van der Waals surface area contributed by atoms with Crippen LogP contribution < -0.4 is 4.72 Å². The number of hydrogen-bond donors (Lipinski definition) is 2. The lowest BCUT2D eigenvalue weighted by Crippen LogP contribution is -2.22. The SMILES string of the molecule is Cc1ncc(S(=O)(=O)NCc2nc(C)c(C(=O)O)s2)s1. The van der Waals surface area contributed by atoms with Crippen LogP contribution in [-0.2, 0) is 16.6 Å². The molecule has 0 unspecified atom stereocenters. The Morgan fingerprint density at radius 1 is 1.40 bits per heavy atom. The molecular weight excluding hydrogens is 322 g/mol. The number of aryl methyl sites for hydroxylation is 2. The molecule has 20 heavy (non-hydrogen) atoms. The number of sulfonamides is 1. The van der Waals surface area contributed by atoms with Gasteiger partial charge in [-0.2, -0.15) is 0 Å². The predicted octanol–water partition coefficient (Wildman–Crippen LogP) is 1.39. The molecular formula is C10H11N3O4S3. The highest BCUT2D eigenvalue weighted by Gasteiger charge is 2.19. The largest absolute Gasteiger partial charge is 0.477 e. The van der Waals surface area contributed by atoms with Crippen LogP contribution in [0.15, 0.2) is 10.4 Å². The highest BCUT2D eigenvalue weighted by Crippen LogP contribution is 2.20. The monoisotopic (exact) mass is 333 g/mol. The number of aromatic nitrogens is 2. The van der Waals surface area contributed by atoms with Crippen LogP contribution in [0.5, 0.6) is 0 Å². The number of nitrogens with zero attached hydrogens (tertiary/aromatic N) is 2. The summed E-state index contributed by atoms with van der Waals surface area (Å²) in [5.41, 5.74) is 0.380. The summed E-state index contributed by atoms with van der Waals surface area (Å²) in [5, 5.41) is 9.98. The number of carbonyl (C=O) groups is 1. The average Bonchev–Trinajstić information content (AvgIpc) is 2.93. The molecule has 108 valence electrons. The van der Waals surface area contributed by atoms with Gasteiger partial charge < -0.3 is 5.11 Å². The summed E-state index contributed by atoms with van der Waals surface area (Å²) < 4.78 is 26.4. The Morgan fingerprint density at radius 2 is 2.10 bits per heavy atom. The first-order chi connectivity index (χ1) is 9.29. The van der Waals surface area contributed by atoms with Gasteiger partial charge in [-0.25, -0.2) is 27.9 Å². The van der Waals surface area contributed by atoms with E-state index in [4.69, 9.17) is 5.11 Å². The minimum absolute atomic E-state index is 0.0436. The van der Waals surface area contributed by atoms with Crippen LogP contribution >= 0.6 is 22.7 Å². The first-order valence-corrected chi connectivity index (χ1v) is 8.53. The number of thiazole rings is 2. The van der Waals surface area contributed by atoms with Gasteiger partial charge >= 0.3 is 5.97 Å². The zero-order valence-corrected chi connectivity index (χ0v) is 13.0. The van der Waals surface area contributed by atoms with E-state index in [1.165, 1.54) is 6.20 Å². The lowest BCUT2D eigenvalue weighted by molar-refractivity contribution is 0.0701. The number of hydrogen-bond acceptors (Lipinski definition) is 7. The number of aromatic carboxylic acids is 1. The fourth-order valence-corrected chi connectivity index (χ4v) is 4.49. The Labute approximate surface area is 123 Å². The molecule has 0 spiro atoms. The maximum Gasteiger partial charge on any atom is 0.347 e. The van der Waals surface area contributed by atoms with Crippen molar-refractivity contribution in [1.29, 1.82) is 0 Å². The van der Waals surface area contributed by atoms with Crippen molar-refractivity contribution in [3.63, 3.8) is 0 Å². The van der Waals surface area contributed by atoms with E-state index in [-0.39, 0.29) is 15.6 Å². The molecule has 2 heterocycles. The second kappa shape index (κ2) is 5.56. The molecule has 2 N–H and O–H groups in total. The predicted molar refractivity (Wildman–Crippen MR) is 74.7 cm³/mol. The molecule has 0 atom stereocenters. The summed E-state index contributed by atoms with van der Waals surface area (Å²) >= 11 is 2.03. The second-order valence-electron chi connectivity index (χ2n) is 3.85. The van der Waals surface area contributed by atoms with Gasteiger partial charge in [0.2, 0.25) is 0 Å². The lowest BCUT2D eigenvalue weighted by atomic mass is 10.4. The van der Waals surface area contributed by atoms with Crippen LogP contribution in [0.1, 0.15) is 25.4 Å². The van der Waals surface area contributed by atoms with Gasteiger partial charge in [0.15, 0.2) is 4.21 Å². The highest BCUT2D eigenvalue weighted by atomic mass is 32.2. The summed E-state index contributed by atoms with van der Waals surface area (Å²) in [6, 6.07) is 0. The van der Waals surface area contributed by atoms with Crippen LogP contribution in [0.25, 0.3) is 0 Å². The zero-order chi connectivity index (χ0) is 14.9. The second-order valence-corrected chi connectivity index (χ2v) is 8.16. The summed E-state index contributed by atoms with van der Waals surface area (Å²) in [7, 11) is -3.64. The Hall–Kier alpha value is -1.36. The number of carboxylic acid groups (broad SMARTS) is 1. The third-order valence-electron chi connectivity index (χ3n) is 2.31. The molecule has 10 heteroatoms. The zero-order valence-electron chi connectivity index (χ0n) is 10.6. The Bertz CT molecular complexity index is 748. The van der Waals surface area contributed by atoms with Crippen LogP contribution in [0, 0.1) is 13.8 Å². The van der Waals surface area contributed by atoms with E-state index in [1.807, 2.05) is 0 Å². The van der Waals surface area contributed by atoms with E-state index >= 15 is 0 Å². The first kappa shape index (κ1) is 15.0. The standard InChI is InChI=1S/C10H11N3O4S3/c1-5-9(10(14)15)19-7(13-5)3-12-20(16,17)8-4-11-6(2)18-8/h4,12H,3H2,1-2H3,(H,14,15). The minimum atomic E-state index is -3.64. The third kappa shape index (κ3) is 3.20. The molecule has 0 saturated heterocycles. The first-order valence-electron chi connectivity index (χ1n) is 5.41. The lowest BCUT2D eigenvalue weighted by Gasteiger charge is -2.01. The number of carboxylic acids is 1. The molecule has 2 aromatic rings. The van der Waals surface area contributed by atoms with E-state index in [9.17, 15) is 13.2 Å². The van der Waals surface area contributed by atoms with E-state index in [2.05, 4.69) is 14.7 Å². The van der Waals surface area contributed by atoms with Gasteiger partial charge in [-0.05, 0) is 13.8 Å². The summed E-state index contributed by atoms with van der Waals surface area (Å²) in [6.45, 7) is 3.25. The summed E-state index contributed by atoms with van der Waals surface area (Å²) in [5.74, 6) is -1.06. The fraction of sp³-hybridized carbons (Fsp3) is 0.300. The van der Waals surface area contributed by atoms with E-state index < -0.39 is 16.0 Å². The molecule has 0 saturated carbocycles. The maximum atomic E-state index is 12.0. The van der Waals surface area contributed by atoms with Crippen molar-refractivity contribution in [2.75, 3.05) is 0 Å². The minimum Gasteiger partial charge on any atom is -0.477 e. The Balaban J connectivity index is 2.12. The summed E-state index contributed by atoms with van der Waals surface area (Å²) in [4.78, 5) is 18.9. The van der Waals surface area contributed by atoms with Gasteiger partial charge in [0.05, 0.1) is 23.4 Å². The van der Waals surface area contributed by atoms with Crippen molar-refractivity contribution in [3.05, 3.63) is 26.8 Å². The van der Waals surface area contributed by atoms with E-state index in [1.54, 1.807) is 13.8 Å². The van der Waals surface area contributed by atoms with Crippen LogP contribution in [0.2, 0.25) is 0 Å². The smallest absolute Gasteiger partial charge is 0.347 e. The summed E-state index contributed by atoms with van der Waals surface area (Å²) in [6.07, 6.45) is 1.29. The molecule has 0 bridgehead atoms. The van der Waals surface area contributed by atoms with Crippen LogP contribution in [0.4, 0.5) is 0 Å². The molecule has 7 nitrogen and oxygen atoms in total. The van der Waals surface area contributed by atoms with Gasteiger partial charge in [0, 0.05) is 0 Å². The molecule has 0 fully saturated rings. The Morgan fingerprint density at radius 3 is 2.60 bits per heavy atom. The van der Waals surface area contributed by atoms with Gasteiger partial charge in [-0.1, -0.05) is 0 Å². The van der Waals surface area contributed by atoms with Crippen LogP contribution in [-0.4, -0.2) is 29.5 Å². The normalized spacial score (nSPS) is 11.7. The topological polar surface area (TPSA) is 109 Å². The van der Waals surface area contributed by atoms with Crippen LogP contribution in [0.3, 0.4) is 0 Å². The third-order valence-corrected chi connectivity index (χ3v) is 6.23. The van der Waals surface area contributed by atoms with Crippen molar-refractivity contribution < 1.29 is 18.3 Å².